The molecule has 0 aliphatic rings. The van der Waals surface area contributed by atoms with Gasteiger partial charge in [-0.15, -0.1) is 0 Å². The topological polar surface area (TPSA) is 59.6 Å². The number of rotatable bonds is 5. The van der Waals surface area contributed by atoms with Crippen LogP contribution in [0.5, 0.6) is 11.5 Å². The smallest absolute Gasteiger partial charge is 0.319 e. The number of urea groups is 1. The van der Waals surface area contributed by atoms with Crippen molar-refractivity contribution in [1.29, 1.82) is 0 Å². The minimum Gasteiger partial charge on any atom is -0.493 e. The summed E-state index contributed by atoms with van der Waals surface area (Å²) in [5.41, 5.74) is 0.692. The Balaban J connectivity index is 2.15. The molecule has 5 nitrogen and oxygen atoms in total. The Morgan fingerprint density at radius 1 is 1.00 bits per heavy atom. The molecule has 2 aromatic rings. The van der Waals surface area contributed by atoms with Gasteiger partial charge < -0.3 is 20.1 Å². The Morgan fingerprint density at radius 2 is 1.68 bits per heavy atom. The number of methoxy groups -OCH3 is 2. The molecule has 0 heterocycles. The van der Waals surface area contributed by atoms with Crippen LogP contribution in [0.25, 0.3) is 0 Å². The number of benzene rings is 2. The number of carbonyl (C=O) groups is 1. The molecule has 2 rings (SSSR count). The van der Waals surface area contributed by atoms with Crippen LogP contribution >= 0.6 is 23.2 Å². The predicted molar refractivity (Wildman–Crippen MR) is 101 cm³/mol. The lowest BCUT2D eigenvalue weighted by Gasteiger charge is -2.28. The lowest BCUT2D eigenvalue weighted by molar-refractivity contribution is 0.241. The summed E-state index contributed by atoms with van der Waals surface area (Å²) in [6.07, 6.45) is 0. The summed E-state index contributed by atoms with van der Waals surface area (Å²) in [5.74, 6) is 1.22. The zero-order valence-electron chi connectivity index (χ0n) is 14.4. The van der Waals surface area contributed by atoms with E-state index >= 15 is 0 Å². The van der Waals surface area contributed by atoms with Crippen molar-refractivity contribution in [3.63, 3.8) is 0 Å². The van der Waals surface area contributed by atoms with Crippen molar-refractivity contribution in [1.82, 2.24) is 5.32 Å². The first-order chi connectivity index (χ1) is 11.8. The molecule has 0 atom stereocenters. The SMILES string of the molecule is COc1ccc(C(C)(C)NC(=O)Nc2ccc(Cl)cc2Cl)cc1OC. The monoisotopic (exact) mass is 382 g/mol. The predicted octanol–water partition coefficient (Wildman–Crippen LogP) is 5.07. The number of anilines is 1. The average molecular weight is 383 g/mol. The molecule has 0 bridgehead atoms. The third-order valence-electron chi connectivity index (χ3n) is 3.71. The second kappa shape index (κ2) is 7.85. The molecule has 0 unspecified atom stereocenters. The second-order valence-electron chi connectivity index (χ2n) is 5.90. The normalized spacial score (nSPS) is 11.0. The van der Waals surface area contributed by atoms with E-state index in [2.05, 4.69) is 10.6 Å². The summed E-state index contributed by atoms with van der Waals surface area (Å²) < 4.78 is 10.6. The van der Waals surface area contributed by atoms with Crippen molar-refractivity contribution < 1.29 is 14.3 Å². The van der Waals surface area contributed by atoms with Gasteiger partial charge in [0.1, 0.15) is 0 Å². The molecule has 0 aliphatic heterocycles. The Kier molecular flexibility index (Phi) is 6.03. The van der Waals surface area contributed by atoms with E-state index < -0.39 is 5.54 Å². The first-order valence-corrected chi connectivity index (χ1v) is 8.29. The van der Waals surface area contributed by atoms with Gasteiger partial charge in [-0.1, -0.05) is 29.3 Å². The highest BCUT2D eigenvalue weighted by molar-refractivity contribution is 6.36. The van der Waals surface area contributed by atoms with Gasteiger partial charge in [0.2, 0.25) is 0 Å². The van der Waals surface area contributed by atoms with Crippen LogP contribution in [0.4, 0.5) is 10.5 Å². The number of ether oxygens (including phenoxy) is 2. The van der Waals surface area contributed by atoms with E-state index in [0.717, 1.165) is 5.56 Å². The minimum atomic E-state index is -0.650. The van der Waals surface area contributed by atoms with Crippen molar-refractivity contribution >= 4 is 34.9 Å². The number of hydrogen-bond donors (Lipinski definition) is 2. The summed E-state index contributed by atoms with van der Waals surface area (Å²) in [5, 5.41) is 6.50. The average Bonchev–Trinajstić information content (AvgIpc) is 2.56. The van der Waals surface area contributed by atoms with Crippen LogP contribution in [0, 0.1) is 0 Å². The number of halogens is 2. The Hall–Kier alpha value is -2.11. The maximum absolute atomic E-state index is 12.3. The summed E-state index contributed by atoms with van der Waals surface area (Å²) in [4.78, 5) is 12.3. The van der Waals surface area contributed by atoms with Crippen molar-refractivity contribution in [2.75, 3.05) is 19.5 Å². The van der Waals surface area contributed by atoms with Gasteiger partial charge in [-0.05, 0) is 49.7 Å². The molecule has 2 aromatic carbocycles. The van der Waals surface area contributed by atoms with E-state index in [9.17, 15) is 4.79 Å². The van der Waals surface area contributed by atoms with E-state index in [4.69, 9.17) is 32.7 Å². The fraction of sp³-hybridized carbons (Fsp3) is 0.278. The van der Waals surface area contributed by atoms with E-state index in [-0.39, 0.29) is 6.03 Å². The standard InChI is InChI=1S/C18H20Cl2N2O3/c1-18(2,11-5-8-15(24-3)16(9-11)25-4)22-17(23)21-14-7-6-12(19)10-13(14)20/h5-10H,1-4H3,(H2,21,22,23). The Bertz CT molecular complexity index is 779. The van der Waals surface area contributed by atoms with Gasteiger partial charge in [0.05, 0.1) is 30.5 Å². The van der Waals surface area contributed by atoms with Crippen LogP contribution in [-0.2, 0) is 5.54 Å². The lowest BCUT2D eigenvalue weighted by Crippen LogP contribution is -2.43. The molecular formula is C18H20Cl2N2O3. The molecule has 0 saturated heterocycles. The van der Waals surface area contributed by atoms with Crippen molar-refractivity contribution in [2.24, 2.45) is 0 Å². The molecule has 0 spiro atoms. The van der Waals surface area contributed by atoms with E-state index in [0.29, 0.717) is 27.2 Å². The van der Waals surface area contributed by atoms with E-state index in [1.54, 1.807) is 38.5 Å². The lowest BCUT2D eigenvalue weighted by atomic mass is 9.94. The fourth-order valence-corrected chi connectivity index (χ4v) is 2.78. The number of hydrogen-bond acceptors (Lipinski definition) is 3. The fourth-order valence-electron chi connectivity index (χ4n) is 2.33. The third kappa shape index (κ3) is 4.71. The molecule has 0 fully saturated rings. The van der Waals surface area contributed by atoms with Gasteiger partial charge in [-0.25, -0.2) is 4.79 Å². The first kappa shape index (κ1) is 19.2. The molecule has 2 amide bonds. The quantitative estimate of drug-likeness (QED) is 0.758. The highest BCUT2D eigenvalue weighted by Crippen LogP contribution is 2.32. The van der Waals surface area contributed by atoms with Crippen LogP contribution in [0.2, 0.25) is 10.0 Å². The third-order valence-corrected chi connectivity index (χ3v) is 4.26. The van der Waals surface area contributed by atoms with Gasteiger partial charge in [0, 0.05) is 5.02 Å². The van der Waals surface area contributed by atoms with Gasteiger partial charge >= 0.3 is 6.03 Å². The van der Waals surface area contributed by atoms with Gasteiger partial charge in [0.15, 0.2) is 11.5 Å². The largest absolute Gasteiger partial charge is 0.493 e. The Labute approximate surface area is 157 Å². The molecule has 25 heavy (non-hydrogen) atoms. The van der Waals surface area contributed by atoms with Crippen molar-refractivity contribution in [2.45, 2.75) is 19.4 Å². The number of carbonyl (C=O) groups excluding carboxylic acids is 1. The summed E-state index contributed by atoms with van der Waals surface area (Å²) in [6, 6.07) is 9.98. The van der Waals surface area contributed by atoms with Crippen LogP contribution in [-0.4, -0.2) is 20.3 Å². The second-order valence-corrected chi connectivity index (χ2v) is 6.74. The van der Waals surface area contributed by atoms with Crippen LogP contribution in [0.3, 0.4) is 0 Å². The summed E-state index contributed by atoms with van der Waals surface area (Å²) in [6.45, 7) is 3.77. The van der Waals surface area contributed by atoms with Gasteiger partial charge in [-0.3, -0.25) is 0 Å². The Morgan fingerprint density at radius 3 is 2.28 bits per heavy atom. The molecule has 0 radical (unpaired) electrons. The highest BCUT2D eigenvalue weighted by atomic mass is 35.5. The zero-order valence-corrected chi connectivity index (χ0v) is 16.0. The number of amides is 2. The first-order valence-electron chi connectivity index (χ1n) is 7.53. The molecule has 7 heteroatoms. The van der Waals surface area contributed by atoms with Crippen molar-refractivity contribution in [3.05, 3.63) is 52.0 Å². The summed E-state index contributed by atoms with van der Waals surface area (Å²) >= 11 is 11.9. The number of nitrogens with one attached hydrogen (secondary N) is 2. The van der Waals surface area contributed by atoms with Crippen molar-refractivity contribution in [3.8, 4) is 11.5 Å². The van der Waals surface area contributed by atoms with E-state index in [1.807, 2.05) is 26.0 Å². The van der Waals surface area contributed by atoms with Crippen LogP contribution < -0.4 is 20.1 Å². The molecule has 0 aromatic heterocycles. The molecule has 134 valence electrons. The summed E-state index contributed by atoms with van der Waals surface area (Å²) in [7, 11) is 3.14. The molecular weight excluding hydrogens is 363 g/mol. The maximum Gasteiger partial charge on any atom is 0.319 e. The zero-order chi connectivity index (χ0) is 18.6. The maximum atomic E-state index is 12.3. The van der Waals surface area contributed by atoms with E-state index in [1.165, 1.54) is 0 Å². The van der Waals surface area contributed by atoms with Crippen LogP contribution in [0.1, 0.15) is 19.4 Å². The molecule has 0 aliphatic carbocycles. The molecule has 2 N–H and O–H groups in total. The minimum absolute atomic E-state index is 0.367. The molecule has 0 saturated carbocycles. The van der Waals surface area contributed by atoms with Crippen LogP contribution in [0.15, 0.2) is 36.4 Å². The van der Waals surface area contributed by atoms with Gasteiger partial charge in [0.25, 0.3) is 0 Å². The van der Waals surface area contributed by atoms with Gasteiger partial charge in [-0.2, -0.15) is 0 Å². The highest BCUT2D eigenvalue weighted by Gasteiger charge is 2.24.